The third-order valence-corrected chi connectivity index (χ3v) is 2.69. The van der Waals surface area contributed by atoms with Crippen molar-refractivity contribution in [2.24, 2.45) is 0 Å². The van der Waals surface area contributed by atoms with Crippen LogP contribution < -0.4 is 0 Å². The second-order valence-corrected chi connectivity index (χ2v) is 4.44. The summed E-state index contributed by atoms with van der Waals surface area (Å²) in [4.78, 5) is 8.69. The van der Waals surface area contributed by atoms with Crippen molar-refractivity contribution in [1.29, 1.82) is 0 Å². The minimum atomic E-state index is 0.458. The Morgan fingerprint density at radius 2 is 1.56 bits per heavy atom. The fraction of sp³-hybridized carbons (Fsp3) is 0.231. The highest BCUT2D eigenvalue weighted by Crippen LogP contribution is 2.19. The molecule has 0 unspecified atom stereocenters. The molecule has 2 aromatic rings. The summed E-state index contributed by atoms with van der Waals surface area (Å²) in [5.41, 5.74) is 2.14. The van der Waals surface area contributed by atoms with Gasteiger partial charge >= 0.3 is 0 Å². The van der Waals surface area contributed by atoms with Crippen LogP contribution in [0.2, 0.25) is 5.02 Å². The van der Waals surface area contributed by atoms with Gasteiger partial charge in [-0.05, 0) is 35.7 Å². The van der Waals surface area contributed by atoms with E-state index in [4.69, 9.17) is 11.6 Å². The Balaban J connectivity index is 2.31. The highest BCUT2D eigenvalue weighted by Gasteiger charge is 2.03. The Bertz CT molecular complexity index is 460. The molecule has 0 saturated heterocycles. The summed E-state index contributed by atoms with van der Waals surface area (Å²) in [5, 5.41) is 0.725. The Morgan fingerprint density at radius 3 is 2.06 bits per heavy atom. The minimum Gasteiger partial charge on any atom is -0.236 e. The first-order chi connectivity index (χ1) is 7.66. The molecule has 2 nitrogen and oxygen atoms in total. The quantitative estimate of drug-likeness (QED) is 0.784. The van der Waals surface area contributed by atoms with Crippen LogP contribution in [0, 0.1) is 0 Å². The van der Waals surface area contributed by atoms with Gasteiger partial charge in [-0.2, -0.15) is 0 Å². The molecule has 1 heterocycles. The van der Waals surface area contributed by atoms with E-state index in [1.54, 1.807) is 0 Å². The number of nitrogens with zero attached hydrogens (tertiary/aromatic N) is 2. The van der Waals surface area contributed by atoms with Crippen LogP contribution in [-0.4, -0.2) is 9.97 Å². The Kier molecular flexibility index (Phi) is 3.20. The van der Waals surface area contributed by atoms with Crippen LogP contribution in [0.25, 0.3) is 11.4 Å². The average molecular weight is 233 g/mol. The molecule has 16 heavy (non-hydrogen) atoms. The van der Waals surface area contributed by atoms with Gasteiger partial charge in [0, 0.05) is 23.0 Å². The SMILES string of the molecule is CC(C)c1cnc(-c2ccc(Cl)cc2)nc1. The van der Waals surface area contributed by atoms with Crippen molar-refractivity contribution in [2.45, 2.75) is 19.8 Å². The number of aromatic nitrogens is 2. The normalized spacial score (nSPS) is 10.8. The zero-order valence-corrected chi connectivity index (χ0v) is 10.1. The van der Waals surface area contributed by atoms with Gasteiger partial charge in [0.2, 0.25) is 0 Å². The second kappa shape index (κ2) is 4.62. The van der Waals surface area contributed by atoms with E-state index < -0.39 is 0 Å². The van der Waals surface area contributed by atoms with Gasteiger partial charge in [-0.15, -0.1) is 0 Å². The Labute approximate surface area is 100 Å². The van der Waals surface area contributed by atoms with Crippen LogP contribution in [0.1, 0.15) is 25.3 Å². The average Bonchev–Trinajstić information content (AvgIpc) is 2.30. The summed E-state index contributed by atoms with van der Waals surface area (Å²) in [6.45, 7) is 4.25. The smallest absolute Gasteiger partial charge is 0.159 e. The lowest BCUT2D eigenvalue weighted by molar-refractivity contribution is 0.847. The Hall–Kier alpha value is -1.41. The van der Waals surface area contributed by atoms with E-state index in [-0.39, 0.29) is 0 Å². The minimum absolute atomic E-state index is 0.458. The second-order valence-electron chi connectivity index (χ2n) is 4.00. The molecule has 1 aromatic carbocycles. The van der Waals surface area contributed by atoms with Gasteiger partial charge in [-0.1, -0.05) is 25.4 Å². The summed E-state index contributed by atoms with van der Waals surface area (Å²) in [5.74, 6) is 1.19. The molecule has 0 N–H and O–H groups in total. The van der Waals surface area contributed by atoms with Crippen LogP contribution in [0.15, 0.2) is 36.7 Å². The maximum Gasteiger partial charge on any atom is 0.159 e. The molecule has 0 radical (unpaired) electrons. The van der Waals surface area contributed by atoms with Crippen LogP contribution in [0.4, 0.5) is 0 Å². The zero-order chi connectivity index (χ0) is 11.5. The van der Waals surface area contributed by atoms with Gasteiger partial charge in [0.1, 0.15) is 0 Å². The van der Waals surface area contributed by atoms with E-state index in [0.29, 0.717) is 5.92 Å². The third-order valence-electron chi connectivity index (χ3n) is 2.44. The Morgan fingerprint density at radius 1 is 1.00 bits per heavy atom. The molecule has 0 aliphatic rings. The van der Waals surface area contributed by atoms with Gasteiger partial charge < -0.3 is 0 Å². The lowest BCUT2D eigenvalue weighted by Gasteiger charge is -2.05. The number of hydrogen-bond acceptors (Lipinski definition) is 2. The summed E-state index contributed by atoms with van der Waals surface area (Å²) >= 11 is 5.83. The topological polar surface area (TPSA) is 25.8 Å². The summed E-state index contributed by atoms with van der Waals surface area (Å²) in [6.07, 6.45) is 3.75. The van der Waals surface area contributed by atoms with Crippen molar-refractivity contribution in [1.82, 2.24) is 9.97 Å². The van der Waals surface area contributed by atoms with Gasteiger partial charge in [0.05, 0.1) is 0 Å². The molecule has 0 saturated carbocycles. The first kappa shape index (κ1) is 11.1. The van der Waals surface area contributed by atoms with E-state index in [0.717, 1.165) is 22.0 Å². The van der Waals surface area contributed by atoms with Crippen molar-refractivity contribution in [2.75, 3.05) is 0 Å². The van der Waals surface area contributed by atoms with Crippen LogP contribution in [-0.2, 0) is 0 Å². The fourth-order valence-electron chi connectivity index (χ4n) is 1.38. The summed E-state index contributed by atoms with van der Waals surface area (Å²) in [7, 11) is 0. The molecule has 0 amide bonds. The highest BCUT2D eigenvalue weighted by atomic mass is 35.5. The molecular weight excluding hydrogens is 220 g/mol. The molecule has 0 aliphatic carbocycles. The summed E-state index contributed by atoms with van der Waals surface area (Å²) in [6, 6.07) is 7.53. The number of rotatable bonds is 2. The molecule has 0 atom stereocenters. The first-order valence-corrected chi connectivity index (χ1v) is 5.62. The van der Waals surface area contributed by atoms with Crippen molar-refractivity contribution in [3.63, 3.8) is 0 Å². The van der Waals surface area contributed by atoms with E-state index in [2.05, 4.69) is 23.8 Å². The van der Waals surface area contributed by atoms with Gasteiger partial charge in [-0.25, -0.2) is 9.97 Å². The number of benzene rings is 1. The fourth-order valence-corrected chi connectivity index (χ4v) is 1.51. The van der Waals surface area contributed by atoms with Crippen molar-refractivity contribution >= 4 is 11.6 Å². The monoisotopic (exact) mass is 232 g/mol. The van der Waals surface area contributed by atoms with E-state index >= 15 is 0 Å². The van der Waals surface area contributed by atoms with E-state index in [1.165, 1.54) is 0 Å². The lowest BCUT2D eigenvalue weighted by atomic mass is 10.1. The maximum atomic E-state index is 5.83. The lowest BCUT2D eigenvalue weighted by Crippen LogP contribution is -1.93. The first-order valence-electron chi connectivity index (χ1n) is 5.24. The van der Waals surface area contributed by atoms with Crippen LogP contribution in [0.5, 0.6) is 0 Å². The molecule has 1 aromatic heterocycles. The molecule has 0 aliphatic heterocycles. The van der Waals surface area contributed by atoms with Crippen LogP contribution >= 0.6 is 11.6 Å². The van der Waals surface area contributed by atoms with Crippen molar-refractivity contribution in [3.05, 3.63) is 47.2 Å². The molecule has 3 heteroatoms. The van der Waals surface area contributed by atoms with Gasteiger partial charge in [0.15, 0.2) is 5.82 Å². The molecular formula is C13H13ClN2. The van der Waals surface area contributed by atoms with Gasteiger partial charge in [0.25, 0.3) is 0 Å². The van der Waals surface area contributed by atoms with Crippen LogP contribution in [0.3, 0.4) is 0 Å². The predicted octanol–water partition coefficient (Wildman–Crippen LogP) is 3.92. The van der Waals surface area contributed by atoms with E-state index in [1.807, 2.05) is 36.7 Å². The maximum absolute atomic E-state index is 5.83. The number of halogens is 1. The standard InChI is InChI=1S/C13H13ClN2/c1-9(2)11-7-15-13(16-8-11)10-3-5-12(14)6-4-10/h3-9H,1-2H3. The van der Waals surface area contributed by atoms with Gasteiger partial charge in [-0.3, -0.25) is 0 Å². The largest absolute Gasteiger partial charge is 0.236 e. The molecule has 0 spiro atoms. The number of hydrogen-bond donors (Lipinski definition) is 0. The predicted molar refractivity (Wildman–Crippen MR) is 66.6 cm³/mol. The summed E-state index contributed by atoms with van der Waals surface area (Å²) < 4.78 is 0. The molecule has 0 bridgehead atoms. The van der Waals surface area contributed by atoms with E-state index in [9.17, 15) is 0 Å². The molecule has 82 valence electrons. The zero-order valence-electron chi connectivity index (χ0n) is 9.31. The highest BCUT2D eigenvalue weighted by molar-refractivity contribution is 6.30. The third kappa shape index (κ3) is 2.39. The molecule has 0 fully saturated rings. The molecule has 2 rings (SSSR count). The van der Waals surface area contributed by atoms with Crippen molar-refractivity contribution < 1.29 is 0 Å². The van der Waals surface area contributed by atoms with Crippen molar-refractivity contribution in [3.8, 4) is 11.4 Å².